The van der Waals surface area contributed by atoms with E-state index in [2.05, 4.69) is 16.8 Å². The summed E-state index contributed by atoms with van der Waals surface area (Å²) in [5, 5.41) is 2.49. The van der Waals surface area contributed by atoms with E-state index >= 15 is 0 Å². The van der Waals surface area contributed by atoms with Crippen LogP contribution in [0.4, 0.5) is 0 Å². The Morgan fingerprint density at radius 1 is 1.18 bits per heavy atom. The first-order valence-corrected chi connectivity index (χ1v) is 5.19. The normalized spacial score (nSPS) is 22.4. The summed E-state index contributed by atoms with van der Waals surface area (Å²) in [6, 6.07) is 0.433. The first-order valence-electron chi connectivity index (χ1n) is 5.19. The molecular formula is C9H20Cl2N4O2. The molecule has 1 aliphatic heterocycles. The highest BCUT2D eigenvalue weighted by Gasteiger charge is 2.35. The predicted octanol–water partition coefficient (Wildman–Crippen LogP) is -9.42. The quantitative estimate of drug-likeness (QED) is 0.480. The zero-order valence-electron chi connectivity index (χ0n) is 9.92. The summed E-state index contributed by atoms with van der Waals surface area (Å²) in [7, 11) is 1.57. The number of halogens is 2. The van der Waals surface area contributed by atoms with Crippen molar-refractivity contribution in [2.75, 3.05) is 20.1 Å². The van der Waals surface area contributed by atoms with Gasteiger partial charge >= 0.3 is 0 Å². The van der Waals surface area contributed by atoms with E-state index in [9.17, 15) is 9.59 Å². The molecule has 0 unspecified atom stereocenters. The summed E-state index contributed by atoms with van der Waals surface area (Å²) >= 11 is 0. The van der Waals surface area contributed by atoms with Crippen molar-refractivity contribution in [3.63, 3.8) is 0 Å². The summed E-state index contributed by atoms with van der Waals surface area (Å²) in [6.45, 7) is 1.33. The summed E-state index contributed by atoms with van der Waals surface area (Å²) in [5.41, 5.74) is 7.85. The van der Waals surface area contributed by atoms with Gasteiger partial charge in [0.25, 0.3) is 0 Å². The molecule has 0 radical (unpaired) electrons. The Kier molecular flexibility index (Phi) is 9.42. The van der Waals surface area contributed by atoms with Gasteiger partial charge < -0.3 is 46.5 Å². The number of carbonyl (C=O) groups is 2. The minimum absolute atomic E-state index is 0. The van der Waals surface area contributed by atoms with Gasteiger partial charge in [-0.2, -0.15) is 0 Å². The lowest BCUT2D eigenvalue weighted by molar-refractivity contribution is -0.515. The summed E-state index contributed by atoms with van der Waals surface area (Å²) in [6.07, 6.45) is 0.536. The maximum atomic E-state index is 11.6. The minimum atomic E-state index is -0.0973. The Labute approximate surface area is 113 Å². The van der Waals surface area contributed by atoms with Crippen LogP contribution in [-0.2, 0) is 9.59 Å². The van der Waals surface area contributed by atoms with Gasteiger partial charge in [0.15, 0.2) is 12.1 Å². The first-order chi connectivity index (χ1) is 7.04. The number of hydrogen-bond donors (Lipinski definition) is 3. The molecular weight excluding hydrogens is 267 g/mol. The van der Waals surface area contributed by atoms with Crippen LogP contribution in [0.3, 0.4) is 0 Å². The molecule has 0 aromatic rings. The number of nitrogens with zero attached hydrogens (tertiary/aromatic N) is 1. The smallest absolute Gasteiger partial charge is 0.223 e. The lowest BCUT2D eigenvalue weighted by Gasteiger charge is -2.13. The second kappa shape index (κ2) is 8.52. The van der Waals surface area contributed by atoms with E-state index in [1.54, 1.807) is 11.9 Å². The maximum absolute atomic E-state index is 11.6. The third-order valence-electron chi connectivity index (χ3n) is 2.77. The van der Waals surface area contributed by atoms with E-state index in [-0.39, 0.29) is 61.6 Å². The molecule has 0 aromatic carbocycles. The maximum Gasteiger partial charge on any atom is 0.223 e. The van der Waals surface area contributed by atoms with Crippen molar-refractivity contribution in [2.24, 2.45) is 0 Å². The van der Waals surface area contributed by atoms with E-state index in [4.69, 9.17) is 0 Å². The van der Waals surface area contributed by atoms with E-state index in [1.807, 2.05) is 0 Å². The second-order valence-corrected chi connectivity index (χ2v) is 3.99. The Morgan fingerprint density at radius 3 is 2.06 bits per heavy atom. The fourth-order valence-corrected chi connectivity index (χ4v) is 1.65. The monoisotopic (exact) mass is 286 g/mol. The van der Waals surface area contributed by atoms with Crippen LogP contribution in [0.15, 0.2) is 0 Å². The fraction of sp³-hybridized carbons (Fsp3) is 0.778. The molecule has 0 saturated carbocycles. The molecule has 0 bridgehead atoms. The number of nitrogens with one attached hydrogen (secondary N) is 1. The largest absolute Gasteiger partial charge is 1.00 e. The summed E-state index contributed by atoms with van der Waals surface area (Å²) in [5.74, 6) is -0.0710. The number of amides is 2. The highest BCUT2D eigenvalue weighted by atomic mass is 35.5. The van der Waals surface area contributed by atoms with Gasteiger partial charge in [0.2, 0.25) is 11.8 Å². The van der Waals surface area contributed by atoms with Gasteiger partial charge in [0.1, 0.15) is 0 Å². The van der Waals surface area contributed by atoms with Crippen molar-refractivity contribution in [1.29, 1.82) is 0 Å². The highest BCUT2D eigenvalue weighted by molar-refractivity contribution is 5.83. The second-order valence-electron chi connectivity index (χ2n) is 3.99. The zero-order valence-corrected chi connectivity index (χ0v) is 11.4. The summed E-state index contributed by atoms with van der Waals surface area (Å²) in [4.78, 5) is 24.3. The van der Waals surface area contributed by atoms with E-state index in [0.29, 0.717) is 13.1 Å². The average molecular weight is 287 g/mol. The molecule has 17 heavy (non-hydrogen) atoms. The van der Waals surface area contributed by atoms with Crippen LogP contribution in [0.25, 0.3) is 0 Å². The van der Waals surface area contributed by atoms with Crippen molar-refractivity contribution in [3.05, 3.63) is 0 Å². The van der Waals surface area contributed by atoms with Crippen LogP contribution in [0.2, 0.25) is 0 Å². The number of quaternary nitrogens is 2. The van der Waals surface area contributed by atoms with Crippen molar-refractivity contribution >= 4 is 11.8 Å². The fourth-order valence-electron chi connectivity index (χ4n) is 1.65. The Balaban J connectivity index is 0. The molecule has 2 amide bonds. The van der Waals surface area contributed by atoms with Gasteiger partial charge in [-0.15, -0.1) is 0 Å². The molecule has 0 aromatic heterocycles. The molecule has 2 atom stereocenters. The van der Waals surface area contributed by atoms with Gasteiger partial charge in [0.05, 0.1) is 13.1 Å². The zero-order chi connectivity index (χ0) is 11.4. The Morgan fingerprint density at radius 2 is 1.65 bits per heavy atom. The molecule has 1 saturated heterocycles. The SMILES string of the molecule is CNC(=O)CCC(=O)N1C[C@H]([NH3+])[C@@H]([NH3+])C1.[Cl-].[Cl-]. The third kappa shape index (κ3) is 5.54. The molecule has 0 spiro atoms. The standard InChI is InChI=1S/C9H18N4O2.2ClH/c1-12-8(14)2-3-9(15)13-4-6(10)7(11)5-13;;/h6-7H,2-5,10-11H2,1H3,(H,12,14);2*1H/t6-,7-;;/m0../s1. The van der Waals surface area contributed by atoms with Gasteiger partial charge in [-0.1, -0.05) is 0 Å². The van der Waals surface area contributed by atoms with Crippen molar-refractivity contribution in [2.45, 2.75) is 24.9 Å². The lowest BCUT2D eigenvalue weighted by Crippen LogP contribution is -3.00. The molecule has 1 fully saturated rings. The minimum Gasteiger partial charge on any atom is -1.00 e. The van der Waals surface area contributed by atoms with Crippen LogP contribution in [0.1, 0.15) is 12.8 Å². The predicted molar refractivity (Wildman–Crippen MR) is 53.2 cm³/mol. The van der Waals surface area contributed by atoms with Crippen LogP contribution < -0.4 is 41.6 Å². The van der Waals surface area contributed by atoms with Crippen LogP contribution in [0, 0.1) is 0 Å². The van der Waals surface area contributed by atoms with E-state index in [1.165, 1.54) is 0 Å². The third-order valence-corrected chi connectivity index (χ3v) is 2.77. The van der Waals surface area contributed by atoms with Gasteiger partial charge in [0, 0.05) is 19.9 Å². The first kappa shape index (κ1) is 18.8. The van der Waals surface area contributed by atoms with E-state index < -0.39 is 0 Å². The summed E-state index contributed by atoms with van der Waals surface area (Å²) < 4.78 is 0. The average Bonchev–Trinajstić information content (AvgIpc) is 2.55. The highest BCUT2D eigenvalue weighted by Crippen LogP contribution is 2.06. The van der Waals surface area contributed by atoms with Crippen LogP contribution in [-0.4, -0.2) is 48.9 Å². The van der Waals surface area contributed by atoms with Crippen LogP contribution in [0.5, 0.6) is 0 Å². The molecule has 1 aliphatic rings. The Bertz CT molecular complexity index is 255. The Hall–Kier alpha value is -0.560. The molecule has 1 rings (SSSR count). The molecule has 6 nitrogen and oxygen atoms in total. The lowest BCUT2D eigenvalue weighted by atomic mass is 10.2. The number of carbonyl (C=O) groups excluding carboxylic acids is 2. The van der Waals surface area contributed by atoms with Gasteiger partial charge in [-0.3, -0.25) is 9.59 Å². The van der Waals surface area contributed by atoms with Gasteiger partial charge in [-0.05, 0) is 0 Å². The molecule has 7 N–H and O–H groups in total. The molecule has 8 heteroatoms. The van der Waals surface area contributed by atoms with Gasteiger partial charge in [-0.25, -0.2) is 0 Å². The number of rotatable bonds is 3. The molecule has 0 aliphatic carbocycles. The number of hydrogen-bond acceptors (Lipinski definition) is 2. The molecule has 1 heterocycles. The van der Waals surface area contributed by atoms with Crippen molar-refractivity contribution in [1.82, 2.24) is 10.2 Å². The van der Waals surface area contributed by atoms with Crippen LogP contribution >= 0.6 is 0 Å². The topological polar surface area (TPSA) is 105 Å². The molecule has 102 valence electrons. The van der Waals surface area contributed by atoms with Crippen molar-refractivity contribution < 1.29 is 45.9 Å². The number of likely N-dealkylation sites (tertiary alicyclic amines) is 1. The van der Waals surface area contributed by atoms with E-state index in [0.717, 1.165) is 0 Å². The van der Waals surface area contributed by atoms with Crippen molar-refractivity contribution in [3.8, 4) is 0 Å².